The molecule has 0 saturated carbocycles. The van der Waals surface area contributed by atoms with E-state index in [0.717, 1.165) is 11.1 Å². The Kier molecular flexibility index (Phi) is 4.87. The molecule has 0 saturated heterocycles. The Hall–Kier alpha value is -3.13. The number of para-hydroxylation sites is 1. The van der Waals surface area contributed by atoms with Crippen molar-refractivity contribution in [1.29, 1.82) is 0 Å². The van der Waals surface area contributed by atoms with Gasteiger partial charge in [-0.1, -0.05) is 35.9 Å². The number of hydrogen-bond donors (Lipinski definition) is 2. The normalized spacial score (nSPS) is 11.5. The molecule has 6 nitrogen and oxygen atoms in total. The summed E-state index contributed by atoms with van der Waals surface area (Å²) in [7, 11) is -3.97. The summed E-state index contributed by atoms with van der Waals surface area (Å²) >= 11 is 5.98. The number of primary sulfonamides is 1. The van der Waals surface area contributed by atoms with Crippen LogP contribution in [-0.4, -0.2) is 23.3 Å². The topological polar surface area (TPSA) is 98.2 Å². The summed E-state index contributed by atoms with van der Waals surface area (Å²) in [5, 5.41) is 20.3. The number of nitrogens with two attached hydrogens (primary N) is 1. The molecule has 0 amide bonds. The van der Waals surface area contributed by atoms with Gasteiger partial charge in [0.05, 0.1) is 17.1 Å². The number of halogens is 1. The van der Waals surface area contributed by atoms with Crippen LogP contribution in [-0.2, 0) is 10.0 Å². The smallest absolute Gasteiger partial charge is 0.240 e. The molecule has 0 spiro atoms. The largest absolute Gasteiger partial charge is 0.508 e. The molecule has 146 valence electrons. The molecule has 1 aromatic heterocycles. The van der Waals surface area contributed by atoms with Gasteiger partial charge in [-0.3, -0.25) is 0 Å². The molecule has 0 fully saturated rings. The molecule has 4 aromatic rings. The number of benzene rings is 3. The van der Waals surface area contributed by atoms with E-state index in [9.17, 15) is 13.5 Å². The summed E-state index contributed by atoms with van der Waals surface area (Å²) < 4.78 is 25.8. The first-order chi connectivity index (χ1) is 13.8. The van der Waals surface area contributed by atoms with E-state index in [2.05, 4.69) is 5.10 Å². The maximum atomic E-state index is 12.1. The summed E-state index contributed by atoms with van der Waals surface area (Å²) in [5.41, 5.74) is 3.18. The molecule has 0 aliphatic carbocycles. The van der Waals surface area contributed by atoms with Crippen molar-refractivity contribution < 1.29 is 13.5 Å². The summed E-state index contributed by atoms with van der Waals surface area (Å²) in [4.78, 5) is -0.0363. The Labute approximate surface area is 172 Å². The number of rotatable bonds is 4. The van der Waals surface area contributed by atoms with Crippen LogP contribution in [0.15, 0.2) is 83.8 Å². The number of aromatic hydroxyl groups is 1. The molecule has 3 aromatic carbocycles. The van der Waals surface area contributed by atoms with Crippen LogP contribution >= 0.6 is 11.6 Å². The van der Waals surface area contributed by atoms with Crippen LogP contribution in [0.25, 0.3) is 28.2 Å². The number of phenols is 1. The highest BCUT2D eigenvalue weighted by Crippen LogP contribution is 2.32. The fourth-order valence-electron chi connectivity index (χ4n) is 3.04. The lowest BCUT2D eigenvalue weighted by atomic mass is 10.1. The highest BCUT2D eigenvalue weighted by atomic mass is 35.5. The predicted molar refractivity (Wildman–Crippen MR) is 112 cm³/mol. The van der Waals surface area contributed by atoms with Crippen LogP contribution < -0.4 is 5.14 Å². The zero-order valence-electron chi connectivity index (χ0n) is 15.0. The highest BCUT2D eigenvalue weighted by Gasteiger charge is 2.20. The molecule has 0 radical (unpaired) electrons. The van der Waals surface area contributed by atoms with Crippen molar-refractivity contribution in [2.45, 2.75) is 4.90 Å². The molecule has 1 heterocycles. The summed E-state index contributed by atoms with van der Waals surface area (Å²) in [6.07, 6.45) is 0. The van der Waals surface area contributed by atoms with E-state index in [1.807, 2.05) is 18.2 Å². The molecule has 0 unspecified atom stereocenters. The fraction of sp³-hybridized carbons (Fsp3) is 0. The van der Waals surface area contributed by atoms with Gasteiger partial charge in [0.1, 0.15) is 10.6 Å². The molecular weight excluding hydrogens is 410 g/mol. The van der Waals surface area contributed by atoms with Crippen molar-refractivity contribution >= 4 is 21.6 Å². The zero-order valence-corrected chi connectivity index (χ0v) is 16.6. The Balaban J connectivity index is 1.98. The fourth-order valence-corrected chi connectivity index (χ4v) is 3.88. The first-order valence-electron chi connectivity index (χ1n) is 8.60. The summed E-state index contributed by atoms with van der Waals surface area (Å²) in [6.45, 7) is 0. The van der Waals surface area contributed by atoms with Crippen LogP contribution in [0.2, 0.25) is 5.02 Å². The lowest BCUT2D eigenvalue weighted by Crippen LogP contribution is -2.16. The maximum Gasteiger partial charge on any atom is 0.240 e. The SMILES string of the molecule is NS(=O)(=O)c1ccccc1-n1nc(-c2ccc(Cl)cc2)cc1-c1ccc(O)cc1. The number of aromatic nitrogens is 2. The third-order valence-corrected chi connectivity index (χ3v) is 5.62. The van der Waals surface area contributed by atoms with E-state index in [-0.39, 0.29) is 10.6 Å². The van der Waals surface area contributed by atoms with E-state index in [0.29, 0.717) is 22.1 Å². The van der Waals surface area contributed by atoms with Gasteiger partial charge in [-0.15, -0.1) is 0 Å². The molecule has 0 aliphatic heterocycles. The molecule has 0 atom stereocenters. The third-order valence-electron chi connectivity index (χ3n) is 4.41. The van der Waals surface area contributed by atoms with Gasteiger partial charge < -0.3 is 5.11 Å². The molecular formula is C21H16ClN3O3S. The van der Waals surface area contributed by atoms with E-state index in [1.54, 1.807) is 54.6 Å². The average Bonchev–Trinajstić information content (AvgIpc) is 3.14. The lowest BCUT2D eigenvalue weighted by Gasteiger charge is -2.11. The second kappa shape index (κ2) is 7.36. The molecule has 29 heavy (non-hydrogen) atoms. The van der Waals surface area contributed by atoms with Gasteiger partial charge in [0, 0.05) is 16.1 Å². The minimum Gasteiger partial charge on any atom is -0.508 e. The lowest BCUT2D eigenvalue weighted by molar-refractivity contribution is 0.475. The maximum absolute atomic E-state index is 12.1. The van der Waals surface area contributed by atoms with Gasteiger partial charge in [-0.05, 0) is 54.6 Å². The second-order valence-corrected chi connectivity index (χ2v) is 8.36. The summed E-state index contributed by atoms with van der Waals surface area (Å²) in [5.74, 6) is 0.127. The third kappa shape index (κ3) is 3.88. The quantitative estimate of drug-likeness (QED) is 0.511. The van der Waals surface area contributed by atoms with Crippen LogP contribution in [0, 0.1) is 0 Å². The molecule has 8 heteroatoms. The van der Waals surface area contributed by atoms with Crippen LogP contribution in [0.4, 0.5) is 0 Å². The Morgan fingerprint density at radius 1 is 0.897 bits per heavy atom. The second-order valence-electron chi connectivity index (χ2n) is 6.39. The first-order valence-corrected chi connectivity index (χ1v) is 10.5. The number of phenolic OH excluding ortho intramolecular Hbond substituents is 1. The van der Waals surface area contributed by atoms with Crippen LogP contribution in [0.1, 0.15) is 0 Å². The van der Waals surface area contributed by atoms with E-state index in [1.165, 1.54) is 10.7 Å². The van der Waals surface area contributed by atoms with Gasteiger partial charge in [0.25, 0.3) is 0 Å². The van der Waals surface area contributed by atoms with Gasteiger partial charge in [0.15, 0.2) is 0 Å². The van der Waals surface area contributed by atoms with Gasteiger partial charge >= 0.3 is 0 Å². The van der Waals surface area contributed by atoms with Crippen LogP contribution in [0.5, 0.6) is 5.75 Å². The van der Waals surface area contributed by atoms with Crippen molar-refractivity contribution in [1.82, 2.24) is 9.78 Å². The molecule has 3 N–H and O–H groups in total. The van der Waals surface area contributed by atoms with Crippen molar-refractivity contribution in [2.24, 2.45) is 5.14 Å². The van der Waals surface area contributed by atoms with E-state index >= 15 is 0 Å². The predicted octanol–water partition coefficient (Wildman–Crippen LogP) is 4.21. The first kappa shape index (κ1) is 19.2. The number of nitrogens with zero attached hydrogens (tertiary/aromatic N) is 2. The van der Waals surface area contributed by atoms with Crippen molar-refractivity contribution in [3.8, 4) is 34.0 Å². The minimum absolute atomic E-state index is 0.0363. The Morgan fingerprint density at radius 2 is 1.52 bits per heavy atom. The van der Waals surface area contributed by atoms with E-state index in [4.69, 9.17) is 16.7 Å². The monoisotopic (exact) mass is 425 g/mol. The summed E-state index contributed by atoms with van der Waals surface area (Å²) in [6, 6.07) is 22.0. The Morgan fingerprint density at radius 3 is 2.17 bits per heavy atom. The number of sulfonamides is 1. The van der Waals surface area contributed by atoms with Crippen molar-refractivity contribution in [3.63, 3.8) is 0 Å². The van der Waals surface area contributed by atoms with Gasteiger partial charge in [0.2, 0.25) is 10.0 Å². The van der Waals surface area contributed by atoms with Crippen LogP contribution in [0.3, 0.4) is 0 Å². The zero-order chi connectivity index (χ0) is 20.6. The van der Waals surface area contributed by atoms with Crippen molar-refractivity contribution in [2.75, 3.05) is 0 Å². The standard InChI is InChI=1S/C21H16ClN3O3S/c22-16-9-5-14(6-10-16)18-13-20(15-7-11-17(26)12-8-15)25(24-18)19-3-1-2-4-21(19)29(23,27)28/h1-13,26H,(H2,23,27,28). The van der Waals surface area contributed by atoms with Gasteiger partial charge in [-0.2, -0.15) is 5.10 Å². The molecule has 0 aliphatic rings. The van der Waals surface area contributed by atoms with Gasteiger partial charge in [-0.25, -0.2) is 18.2 Å². The molecule has 0 bridgehead atoms. The molecule has 4 rings (SSSR count). The van der Waals surface area contributed by atoms with E-state index < -0.39 is 10.0 Å². The number of hydrogen-bond acceptors (Lipinski definition) is 4. The van der Waals surface area contributed by atoms with Crippen molar-refractivity contribution in [3.05, 3.63) is 83.9 Å². The highest BCUT2D eigenvalue weighted by molar-refractivity contribution is 7.89. The Bertz CT molecular complexity index is 1280. The minimum atomic E-state index is -3.97. The average molecular weight is 426 g/mol.